The summed E-state index contributed by atoms with van der Waals surface area (Å²) in [4.78, 5) is 0. The summed E-state index contributed by atoms with van der Waals surface area (Å²) in [6, 6.07) is 1.40. The van der Waals surface area contributed by atoms with Crippen LogP contribution in [0.15, 0.2) is 0 Å². The fourth-order valence-electron chi connectivity index (χ4n) is 1.97. The fraction of sp³-hybridized carbons (Fsp3) is 1.00. The molecule has 2 unspecified atom stereocenters. The zero-order chi connectivity index (χ0) is 8.97. The fourth-order valence-corrected chi connectivity index (χ4v) is 1.97. The predicted octanol–water partition coefficient (Wildman–Crippen LogP) is 1.37. The Kier molecular flexibility index (Phi) is 4.02. The number of nitrogens with one attached hydrogen (secondary N) is 2. The Balaban J connectivity index is 2.11. The lowest BCUT2D eigenvalue weighted by Crippen LogP contribution is -2.38. The first-order valence-electron chi connectivity index (χ1n) is 5.15. The van der Waals surface area contributed by atoms with E-state index in [4.69, 9.17) is 0 Å². The van der Waals surface area contributed by atoms with Gasteiger partial charge in [-0.05, 0) is 32.2 Å². The molecular formula is C10H22N2. The van der Waals surface area contributed by atoms with Crippen LogP contribution in [0.1, 0.15) is 33.6 Å². The maximum absolute atomic E-state index is 3.65. The van der Waals surface area contributed by atoms with Gasteiger partial charge in [-0.3, -0.25) is 0 Å². The van der Waals surface area contributed by atoms with Gasteiger partial charge < -0.3 is 10.6 Å². The third-order valence-electron chi connectivity index (χ3n) is 2.41. The van der Waals surface area contributed by atoms with Gasteiger partial charge >= 0.3 is 0 Å². The van der Waals surface area contributed by atoms with Gasteiger partial charge in [-0.25, -0.2) is 0 Å². The van der Waals surface area contributed by atoms with Crippen LogP contribution < -0.4 is 10.6 Å². The van der Waals surface area contributed by atoms with E-state index < -0.39 is 0 Å². The first kappa shape index (κ1) is 10.0. The van der Waals surface area contributed by atoms with Crippen LogP contribution in [0.2, 0.25) is 0 Å². The van der Waals surface area contributed by atoms with E-state index in [0.717, 1.165) is 18.5 Å². The van der Waals surface area contributed by atoms with E-state index in [1.165, 1.54) is 19.4 Å². The van der Waals surface area contributed by atoms with Gasteiger partial charge in [0.25, 0.3) is 0 Å². The molecule has 0 bridgehead atoms. The van der Waals surface area contributed by atoms with E-state index in [2.05, 4.69) is 31.4 Å². The lowest BCUT2D eigenvalue weighted by molar-refractivity contribution is 0.400. The molecule has 0 spiro atoms. The molecule has 0 radical (unpaired) electrons. The summed E-state index contributed by atoms with van der Waals surface area (Å²) in [5.74, 6) is 0.807. The molecule has 1 aliphatic heterocycles. The zero-order valence-electron chi connectivity index (χ0n) is 8.56. The van der Waals surface area contributed by atoms with Crippen molar-refractivity contribution in [3.05, 3.63) is 0 Å². The third-order valence-corrected chi connectivity index (χ3v) is 2.41. The quantitative estimate of drug-likeness (QED) is 0.666. The Labute approximate surface area is 76.1 Å². The Bertz CT molecular complexity index is 117. The highest BCUT2D eigenvalue weighted by Crippen LogP contribution is 2.06. The Morgan fingerprint density at radius 3 is 2.67 bits per heavy atom. The average Bonchev–Trinajstić information content (AvgIpc) is 2.37. The average molecular weight is 170 g/mol. The van der Waals surface area contributed by atoms with Gasteiger partial charge in [-0.1, -0.05) is 13.8 Å². The van der Waals surface area contributed by atoms with E-state index in [1.807, 2.05) is 0 Å². The Morgan fingerprint density at radius 2 is 2.17 bits per heavy atom. The molecule has 2 atom stereocenters. The van der Waals surface area contributed by atoms with Crippen LogP contribution in [0.5, 0.6) is 0 Å². The molecule has 0 saturated carbocycles. The van der Waals surface area contributed by atoms with Crippen molar-refractivity contribution in [1.82, 2.24) is 10.6 Å². The summed E-state index contributed by atoms with van der Waals surface area (Å²) in [6.45, 7) is 9.20. The highest BCUT2D eigenvalue weighted by molar-refractivity contribution is 4.80. The second kappa shape index (κ2) is 4.83. The molecule has 1 aliphatic rings. The van der Waals surface area contributed by atoms with Gasteiger partial charge in [0.2, 0.25) is 0 Å². The monoisotopic (exact) mass is 170 g/mol. The Morgan fingerprint density at radius 1 is 1.42 bits per heavy atom. The second-order valence-electron chi connectivity index (χ2n) is 4.39. The number of hydrogen-bond donors (Lipinski definition) is 2. The van der Waals surface area contributed by atoms with Gasteiger partial charge in [0, 0.05) is 18.6 Å². The molecule has 0 aromatic carbocycles. The van der Waals surface area contributed by atoms with Crippen molar-refractivity contribution in [2.24, 2.45) is 5.92 Å². The lowest BCUT2D eigenvalue weighted by Gasteiger charge is -2.20. The lowest BCUT2D eigenvalue weighted by atomic mass is 10.0. The van der Waals surface area contributed by atoms with E-state index in [-0.39, 0.29) is 0 Å². The second-order valence-corrected chi connectivity index (χ2v) is 4.39. The molecule has 0 amide bonds. The zero-order valence-corrected chi connectivity index (χ0v) is 8.56. The van der Waals surface area contributed by atoms with Crippen LogP contribution in [0.25, 0.3) is 0 Å². The summed E-state index contributed by atoms with van der Waals surface area (Å²) >= 11 is 0. The molecule has 1 fully saturated rings. The predicted molar refractivity (Wildman–Crippen MR) is 53.3 cm³/mol. The van der Waals surface area contributed by atoms with Crippen molar-refractivity contribution in [3.63, 3.8) is 0 Å². The van der Waals surface area contributed by atoms with E-state index in [0.29, 0.717) is 6.04 Å². The molecule has 2 N–H and O–H groups in total. The maximum atomic E-state index is 3.65. The molecule has 1 rings (SSSR count). The molecule has 1 saturated heterocycles. The summed E-state index contributed by atoms with van der Waals surface area (Å²) < 4.78 is 0. The minimum atomic E-state index is 0.676. The van der Waals surface area contributed by atoms with Gasteiger partial charge in [0.1, 0.15) is 0 Å². The topological polar surface area (TPSA) is 24.1 Å². The van der Waals surface area contributed by atoms with Crippen molar-refractivity contribution in [2.75, 3.05) is 13.1 Å². The van der Waals surface area contributed by atoms with E-state index in [9.17, 15) is 0 Å². The van der Waals surface area contributed by atoms with Crippen molar-refractivity contribution in [1.29, 1.82) is 0 Å². The van der Waals surface area contributed by atoms with Crippen LogP contribution in [-0.4, -0.2) is 25.2 Å². The van der Waals surface area contributed by atoms with Gasteiger partial charge in [0.15, 0.2) is 0 Å². The standard InChI is InChI=1S/C10H22N2/c1-8(2)6-9(3)12-10-4-5-11-7-10/h8-12H,4-7H2,1-3H3. The van der Waals surface area contributed by atoms with Crippen LogP contribution in [-0.2, 0) is 0 Å². The highest BCUT2D eigenvalue weighted by atomic mass is 15.0. The normalized spacial score (nSPS) is 26.5. The molecule has 0 aromatic heterocycles. The Hall–Kier alpha value is -0.0800. The minimum Gasteiger partial charge on any atom is -0.315 e. The maximum Gasteiger partial charge on any atom is 0.0207 e. The largest absolute Gasteiger partial charge is 0.315 e. The molecular weight excluding hydrogens is 148 g/mol. The minimum absolute atomic E-state index is 0.676. The molecule has 12 heavy (non-hydrogen) atoms. The van der Waals surface area contributed by atoms with Crippen molar-refractivity contribution < 1.29 is 0 Å². The molecule has 2 nitrogen and oxygen atoms in total. The summed E-state index contributed by atoms with van der Waals surface area (Å²) in [5, 5.41) is 7.02. The third kappa shape index (κ3) is 3.55. The van der Waals surface area contributed by atoms with Gasteiger partial charge in [-0.15, -0.1) is 0 Å². The molecule has 72 valence electrons. The van der Waals surface area contributed by atoms with Crippen LogP contribution in [0.3, 0.4) is 0 Å². The van der Waals surface area contributed by atoms with Crippen molar-refractivity contribution in [3.8, 4) is 0 Å². The van der Waals surface area contributed by atoms with Crippen molar-refractivity contribution in [2.45, 2.75) is 45.7 Å². The van der Waals surface area contributed by atoms with Gasteiger partial charge in [0.05, 0.1) is 0 Å². The molecule has 2 heteroatoms. The van der Waals surface area contributed by atoms with Crippen LogP contribution >= 0.6 is 0 Å². The molecule has 0 aliphatic carbocycles. The summed E-state index contributed by atoms with van der Waals surface area (Å²) in [5.41, 5.74) is 0. The smallest absolute Gasteiger partial charge is 0.0207 e. The van der Waals surface area contributed by atoms with Crippen LogP contribution in [0.4, 0.5) is 0 Å². The SMILES string of the molecule is CC(C)CC(C)NC1CCNC1. The van der Waals surface area contributed by atoms with Crippen molar-refractivity contribution >= 4 is 0 Å². The summed E-state index contributed by atoms with van der Waals surface area (Å²) in [7, 11) is 0. The summed E-state index contributed by atoms with van der Waals surface area (Å²) in [6.07, 6.45) is 2.58. The number of hydrogen-bond acceptors (Lipinski definition) is 2. The highest BCUT2D eigenvalue weighted by Gasteiger charge is 2.16. The number of rotatable bonds is 4. The van der Waals surface area contributed by atoms with Gasteiger partial charge in [-0.2, -0.15) is 0 Å². The van der Waals surface area contributed by atoms with E-state index in [1.54, 1.807) is 0 Å². The first-order valence-corrected chi connectivity index (χ1v) is 5.15. The molecule has 0 aromatic rings. The molecule has 1 heterocycles. The first-order chi connectivity index (χ1) is 5.68. The van der Waals surface area contributed by atoms with Crippen LogP contribution in [0, 0.1) is 5.92 Å². The van der Waals surface area contributed by atoms with E-state index >= 15 is 0 Å².